The van der Waals surface area contributed by atoms with Crippen molar-refractivity contribution in [3.05, 3.63) is 64.7 Å². The van der Waals surface area contributed by atoms with Crippen LogP contribution >= 0.6 is 23.4 Å². The normalized spacial score (nSPS) is 12.0. The lowest BCUT2D eigenvalue weighted by Gasteiger charge is -2.26. The van der Waals surface area contributed by atoms with Gasteiger partial charge in [-0.15, -0.1) is 11.8 Å². The van der Waals surface area contributed by atoms with Gasteiger partial charge in [-0.25, -0.2) is 0 Å². The summed E-state index contributed by atoms with van der Waals surface area (Å²) in [6.45, 7) is 1.98. The Morgan fingerprint density at radius 1 is 1.14 bits per heavy atom. The summed E-state index contributed by atoms with van der Waals surface area (Å²) in [7, 11) is 1.80. The van der Waals surface area contributed by atoms with Gasteiger partial charge in [-0.2, -0.15) is 0 Å². The average Bonchev–Trinajstić information content (AvgIpc) is 2.53. The second-order valence-corrected chi connectivity index (χ2v) is 6.13. The third-order valence-electron chi connectivity index (χ3n) is 3.59. The first kappa shape index (κ1) is 15.9. The number of benzene rings is 2. The molecule has 2 aromatic rings. The molecule has 21 heavy (non-hydrogen) atoms. The standard InChI is InChI=1S/C17H18ClNOS/c1-12(15-6-4-5-7-16(15)18)19(2)17(20)13-8-10-14(21-3)11-9-13/h4-12H,1-3H3. The Balaban J connectivity index is 2.20. The molecular weight excluding hydrogens is 302 g/mol. The Bertz CT molecular complexity index is 627. The van der Waals surface area contributed by atoms with Crippen LogP contribution in [0.2, 0.25) is 5.02 Å². The Morgan fingerprint density at radius 3 is 2.33 bits per heavy atom. The van der Waals surface area contributed by atoms with Gasteiger partial charge in [0.15, 0.2) is 0 Å². The molecule has 0 bridgehead atoms. The molecule has 0 aliphatic rings. The van der Waals surface area contributed by atoms with Crippen LogP contribution in [-0.4, -0.2) is 24.1 Å². The summed E-state index contributed by atoms with van der Waals surface area (Å²) in [5, 5.41) is 0.683. The Hall–Kier alpha value is -1.45. The summed E-state index contributed by atoms with van der Waals surface area (Å²) in [6, 6.07) is 15.2. The number of nitrogens with zero attached hydrogens (tertiary/aromatic N) is 1. The van der Waals surface area contributed by atoms with Crippen LogP contribution < -0.4 is 0 Å². The molecule has 110 valence electrons. The number of halogens is 1. The van der Waals surface area contributed by atoms with Crippen molar-refractivity contribution in [1.29, 1.82) is 0 Å². The van der Waals surface area contributed by atoms with Crippen LogP contribution in [0.3, 0.4) is 0 Å². The summed E-state index contributed by atoms with van der Waals surface area (Å²) in [4.78, 5) is 15.4. The molecule has 1 amide bonds. The van der Waals surface area contributed by atoms with Gasteiger partial charge in [0.05, 0.1) is 6.04 Å². The van der Waals surface area contributed by atoms with E-state index in [1.54, 1.807) is 23.7 Å². The zero-order chi connectivity index (χ0) is 15.4. The highest BCUT2D eigenvalue weighted by Gasteiger charge is 2.20. The maximum atomic E-state index is 12.5. The van der Waals surface area contributed by atoms with Gasteiger partial charge in [-0.3, -0.25) is 4.79 Å². The van der Waals surface area contributed by atoms with Crippen LogP contribution in [0, 0.1) is 0 Å². The third-order valence-corrected chi connectivity index (χ3v) is 4.68. The van der Waals surface area contributed by atoms with Crippen molar-refractivity contribution in [3.63, 3.8) is 0 Å². The molecule has 0 heterocycles. The lowest BCUT2D eigenvalue weighted by Crippen LogP contribution is -2.29. The molecule has 0 radical (unpaired) electrons. The molecule has 0 aromatic heterocycles. The van der Waals surface area contributed by atoms with Crippen molar-refractivity contribution in [3.8, 4) is 0 Å². The number of hydrogen-bond acceptors (Lipinski definition) is 2. The number of carbonyl (C=O) groups is 1. The van der Waals surface area contributed by atoms with Crippen LogP contribution in [0.15, 0.2) is 53.4 Å². The summed E-state index contributed by atoms with van der Waals surface area (Å²) in [6.07, 6.45) is 2.02. The van der Waals surface area contributed by atoms with Gasteiger partial charge in [-0.1, -0.05) is 29.8 Å². The van der Waals surface area contributed by atoms with Gasteiger partial charge in [0.1, 0.15) is 0 Å². The molecule has 0 saturated carbocycles. The average molecular weight is 320 g/mol. The summed E-state index contributed by atoms with van der Waals surface area (Å²) >= 11 is 7.87. The highest BCUT2D eigenvalue weighted by molar-refractivity contribution is 7.98. The maximum absolute atomic E-state index is 12.5. The first-order valence-electron chi connectivity index (χ1n) is 6.70. The topological polar surface area (TPSA) is 20.3 Å². The second-order valence-electron chi connectivity index (χ2n) is 4.84. The smallest absolute Gasteiger partial charge is 0.254 e. The largest absolute Gasteiger partial charge is 0.335 e. The predicted octanol–water partition coefficient (Wildman–Crippen LogP) is 4.90. The molecule has 0 N–H and O–H groups in total. The van der Waals surface area contributed by atoms with Crippen molar-refractivity contribution < 1.29 is 4.79 Å². The molecule has 0 aliphatic heterocycles. The van der Waals surface area contributed by atoms with E-state index in [0.29, 0.717) is 10.6 Å². The van der Waals surface area contributed by atoms with E-state index >= 15 is 0 Å². The number of carbonyl (C=O) groups excluding carboxylic acids is 1. The van der Waals surface area contributed by atoms with Crippen molar-refractivity contribution in [1.82, 2.24) is 4.90 Å². The molecule has 0 saturated heterocycles. The summed E-state index contributed by atoms with van der Waals surface area (Å²) < 4.78 is 0. The Kier molecular flexibility index (Phi) is 5.32. The fourth-order valence-corrected chi connectivity index (χ4v) is 2.84. The van der Waals surface area contributed by atoms with Gasteiger partial charge in [0.2, 0.25) is 0 Å². The number of thioether (sulfide) groups is 1. The van der Waals surface area contributed by atoms with Gasteiger partial charge in [-0.05, 0) is 49.1 Å². The molecular formula is C17H18ClNOS. The molecule has 0 fully saturated rings. The fourth-order valence-electron chi connectivity index (χ4n) is 2.14. The van der Waals surface area contributed by atoms with E-state index in [-0.39, 0.29) is 11.9 Å². The van der Waals surface area contributed by atoms with Crippen LogP contribution in [0.4, 0.5) is 0 Å². The van der Waals surface area contributed by atoms with Crippen molar-refractivity contribution in [2.24, 2.45) is 0 Å². The lowest BCUT2D eigenvalue weighted by molar-refractivity contribution is 0.0742. The predicted molar refractivity (Wildman–Crippen MR) is 90.2 cm³/mol. The summed E-state index contributed by atoms with van der Waals surface area (Å²) in [5.74, 6) is -0.00456. The number of rotatable bonds is 4. The van der Waals surface area contributed by atoms with E-state index in [1.807, 2.05) is 61.7 Å². The minimum Gasteiger partial charge on any atom is -0.335 e. The molecule has 2 rings (SSSR count). The first-order chi connectivity index (χ1) is 10.0. The zero-order valence-corrected chi connectivity index (χ0v) is 13.9. The monoisotopic (exact) mass is 319 g/mol. The van der Waals surface area contributed by atoms with E-state index < -0.39 is 0 Å². The van der Waals surface area contributed by atoms with Crippen LogP contribution in [0.1, 0.15) is 28.9 Å². The van der Waals surface area contributed by atoms with E-state index in [2.05, 4.69) is 0 Å². The summed E-state index contributed by atoms with van der Waals surface area (Å²) in [5.41, 5.74) is 1.64. The lowest BCUT2D eigenvalue weighted by atomic mass is 10.1. The van der Waals surface area contributed by atoms with Crippen LogP contribution in [0.25, 0.3) is 0 Å². The highest BCUT2D eigenvalue weighted by Crippen LogP contribution is 2.27. The van der Waals surface area contributed by atoms with Gasteiger partial charge < -0.3 is 4.90 Å². The van der Waals surface area contributed by atoms with E-state index in [4.69, 9.17) is 11.6 Å². The van der Waals surface area contributed by atoms with E-state index in [9.17, 15) is 4.79 Å². The van der Waals surface area contributed by atoms with E-state index in [1.165, 1.54) is 0 Å². The quantitative estimate of drug-likeness (QED) is 0.747. The molecule has 2 nitrogen and oxygen atoms in total. The van der Waals surface area contributed by atoms with Crippen LogP contribution in [-0.2, 0) is 0 Å². The Morgan fingerprint density at radius 2 is 1.76 bits per heavy atom. The Labute approximate surface area is 135 Å². The molecule has 1 atom stereocenters. The third kappa shape index (κ3) is 3.60. The zero-order valence-electron chi connectivity index (χ0n) is 12.3. The van der Waals surface area contributed by atoms with Crippen molar-refractivity contribution in [2.75, 3.05) is 13.3 Å². The van der Waals surface area contributed by atoms with Gasteiger partial charge in [0, 0.05) is 22.5 Å². The number of amides is 1. The maximum Gasteiger partial charge on any atom is 0.254 e. The van der Waals surface area contributed by atoms with Gasteiger partial charge >= 0.3 is 0 Å². The minimum atomic E-state index is -0.0774. The molecule has 1 unspecified atom stereocenters. The molecule has 4 heteroatoms. The number of hydrogen-bond donors (Lipinski definition) is 0. The SMILES string of the molecule is CSc1ccc(C(=O)N(C)C(C)c2ccccc2Cl)cc1. The molecule has 0 spiro atoms. The van der Waals surface area contributed by atoms with Crippen molar-refractivity contribution >= 4 is 29.3 Å². The van der Waals surface area contributed by atoms with Crippen molar-refractivity contribution in [2.45, 2.75) is 17.9 Å². The first-order valence-corrected chi connectivity index (χ1v) is 8.30. The van der Waals surface area contributed by atoms with Crippen LogP contribution in [0.5, 0.6) is 0 Å². The van der Waals surface area contributed by atoms with E-state index in [0.717, 1.165) is 10.5 Å². The minimum absolute atomic E-state index is 0.00456. The molecule has 0 aliphatic carbocycles. The second kappa shape index (κ2) is 7.01. The fraction of sp³-hybridized carbons (Fsp3) is 0.235. The van der Waals surface area contributed by atoms with Gasteiger partial charge in [0.25, 0.3) is 5.91 Å². The molecule has 2 aromatic carbocycles. The highest BCUT2D eigenvalue weighted by atomic mass is 35.5.